The molecule has 0 amide bonds. The van der Waals surface area contributed by atoms with Crippen LogP contribution in [0.1, 0.15) is 19.4 Å². The van der Waals surface area contributed by atoms with Crippen LogP contribution in [-0.2, 0) is 6.54 Å². The number of nitrogens with zero attached hydrogens (tertiary/aromatic N) is 1. The monoisotopic (exact) mass is 250 g/mol. The molecular formula is C15H26N2O. The van der Waals surface area contributed by atoms with Crippen molar-refractivity contribution < 1.29 is 4.74 Å². The lowest BCUT2D eigenvalue weighted by Crippen LogP contribution is -2.41. The Labute approximate surface area is 111 Å². The zero-order valence-corrected chi connectivity index (χ0v) is 12.2. The number of benzene rings is 1. The summed E-state index contributed by atoms with van der Waals surface area (Å²) in [4.78, 5) is 2.28. The molecule has 0 aliphatic heterocycles. The standard InChI is InChI=1S/C15H26N2O/c1-12(2)15(17(3)4)11-16-10-13-6-8-14(18-5)9-7-13/h6-9,12,15-16H,10-11H2,1-5H3. The molecule has 1 aromatic rings. The van der Waals surface area contributed by atoms with Crippen molar-refractivity contribution in [3.63, 3.8) is 0 Å². The molecule has 1 N–H and O–H groups in total. The van der Waals surface area contributed by atoms with Crippen LogP contribution in [0.3, 0.4) is 0 Å². The molecule has 0 heterocycles. The van der Waals surface area contributed by atoms with E-state index in [4.69, 9.17) is 4.74 Å². The predicted octanol–water partition coefficient (Wildman–Crippen LogP) is 2.37. The molecule has 0 saturated heterocycles. The van der Waals surface area contributed by atoms with Crippen molar-refractivity contribution >= 4 is 0 Å². The fourth-order valence-electron chi connectivity index (χ4n) is 2.12. The molecule has 0 aliphatic rings. The summed E-state index contributed by atoms with van der Waals surface area (Å²) < 4.78 is 5.15. The summed E-state index contributed by atoms with van der Waals surface area (Å²) >= 11 is 0. The smallest absolute Gasteiger partial charge is 0.118 e. The van der Waals surface area contributed by atoms with E-state index in [9.17, 15) is 0 Å². The highest BCUT2D eigenvalue weighted by molar-refractivity contribution is 5.26. The molecule has 0 saturated carbocycles. The molecule has 1 atom stereocenters. The molecule has 0 fully saturated rings. The van der Waals surface area contributed by atoms with Crippen molar-refractivity contribution in [2.24, 2.45) is 5.92 Å². The molecule has 0 aliphatic carbocycles. The summed E-state index contributed by atoms with van der Waals surface area (Å²) in [5, 5.41) is 3.52. The average molecular weight is 250 g/mol. The van der Waals surface area contributed by atoms with Gasteiger partial charge in [0.1, 0.15) is 5.75 Å². The Hall–Kier alpha value is -1.06. The fourth-order valence-corrected chi connectivity index (χ4v) is 2.12. The van der Waals surface area contributed by atoms with Gasteiger partial charge in [0.25, 0.3) is 0 Å². The zero-order valence-electron chi connectivity index (χ0n) is 12.2. The summed E-state index contributed by atoms with van der Waals surface area (Å²) in [6, 6.07) is 8.78. The minimum Gasteiger partial charge on any atom is -0.497 e. The Morgan fingerprint density at radius 1 is 1.17 bits per heavy atom. The first-order valence-corrected chi connectivity index (χ1v) is 6.54. The fraction of sp³-hybridized carbons (Fsp3) is 0.600. The normalized spacial score (nSPS) is 13.1. The van der Waals surface area contributed by atoms with Gasteiger partial charge in [0, 0.05) is 19.1 Å². The van der Waals surface area contributed by atoms with Gasteiger partial charge in [-0.25, -0.2) is 0 Å². The molecule has 3 heteroatoms. The maximum absolute atomic E-state index is 5.15. The highest BCUT2D eigenvalue weighted by Crippen LogP contribution is 2.11. The Morgan fingerprint density at radius 3 is 2.22 bits per heavy atom. The van der Waals surface area contributed by atoms with Gasteiger partial charge >= 0.3 is 0 Å². The summed E-state index contributed by atoms with van der Waals surface area (Å²) in [6.45, 7) is 6.44. The number of nitrogens with one attached hydrogen (secondary N) is 1. The van der Waals surface area contributed by atoms with Crippen LogP contribution in [-0.4, -0.2) is 38.7 Å². The van der Waals surface area contributed by atoms with Gasteiger partial charge < -0.3 is 15.0 Å². The number of ether oxygens (including phenoxy) is 1. The topological polar surface area (TPSA) is 24.5 Å². The molecule has 0 aromatic heterocycles. The first-order valence-electron chi connectivity index (χ1n) is 6.54. The molecule has 0 spiro atoms. The van der Waals surface area contributed by atoms with Crippen molar-refractivity contribution in [3.05, 3.63) is 29.8 Å². The lowest BCUT2D eigenvalue weighted by Gasteiger charge is -2.28. The number of rotatable bonds is 7. The lowest BCUT2D eigenvalue weighted by atomic mass is 10.0. The van der Waals surface area contributed by atoms with Crippen molar-refractivity contribution in [1.82, 2.24) is 10.2 Å². The second kappa shape index (κ2) is 7.39. The van der Waals surface area contributed by atoms with Gasteiger partial charge in [0.15, 0.2) is 0 Å². The van der Waals surface area contributed by atoms with Crippen molar-refractivity contribution in [2.75, 3.05) is 27.7 Å². The van der Waals surface area contributed by atoms with E-state index in [0.717, 1.165) is 18.8 Å². The molecule has 18 heavy (non-hydrogen) atoms. The molecule has 0 bridgehead atoms. The van der Waals surface area contributed by atoms with Crippen molar-refractivity contribution in [3.8, 4) is 5.75 Å². The van der Waals surface area contributed by atoms with E-state index in [1.54, 1.807) is 7.11 Å². The summed E-state index contributed by atoms with van der Waals surface area (Å²) in [5.74, 6) is 1.57. The van der Waals surface area contributed by atoms with E-state index in [1.165, 1.54) is 5.56 Å². The molecule has 102 valence electrons. The first-order chi connectivity index (χ1) is 8.54. The van der Waals surface area contributed by atoms with Crippen LogP contribution in [0.15, 0.2) is 24.3 Å². The quantitative estimate of drug-likeness (QED) is 0.804. The van der Waals surface area contributed by atoms with Gasteiger partial charge in [0.05, 0.1) is 7.11 Å². The molecule has 1 aromatic carbocycles. The van der Waals surface area contributed by atoms with Crippen LogP contribution in [0.5, 0.6) is 5.75 Å². The molecule has 1 unspecified atom stereocenters. The summed E-state index contributed by atoms with van der Waals surface area (Å²) in [5.41, 5.74) is 1.29. The Bertz CT molecular complexity index is 325. The minimum absolute atomic E-state index is 0.572. The van der Waals surface area contributed by atoms with Crippen LogP contribution in [0, 0.1) is 5.92 Å². The summed E-state index contributed by atoms with van der Waals surface area (Å²) in [7, 11) is 5.97. The van der Waals surface area contributed by atoms with Crippen LogP contribution in [0.25, 0.3) is 0 Å². The molecule has 1 rings (SSSR count). The van der Waals surface area contributed by atoms with Gasteiger partial charge in [-0.05, 0) is 37.7 Å². The minimum atomic E-state index is 0.572. The van der Waals surface area contributed by atoms with E-state index in [1.807, 2.05) is 12.1 Å². The van der Waals surface area contributed by atoms with Gasteiger partial charge in [-0.3, -0.25) is 0 Å². The van der Waals surface area contributed by atoms with E-state index >= 15 is 0 Å². The number of hydrogen-bond acceptors (Lipinski definition) is 3. The van der Waals surface area contributed by atoms with Crippen LogP contribution >= 0.6 is 0 Å². The van der Waals surface area contributed by atoms with Crippen molar-refractivity contribution in [2.45, 2.75) is 26.4 Å². The molecular weight excluding hydrogens is 224 g/mol. The van der Waals surface area contributed by atoms with Gasteiger partial charge in [-0.15, -0.1) is 0 Å². The predicted molar refractivity (Wildman–Crippen MR) is 77.0 cm³/mol. The van der Waals surface area contributed by atoms with Gasteiger partial charge in [-0.2, -0.15) is 0 Å². The van der Waals surface area contributed by atoms with Crippen LogP contribution < -0.4 is 10.1 Å². The van der Waals surface area contributed by atoms with Gasteiger partial charge in [0.2, 0.25) is 0 Å². The van der Waals surface area contributed by atoms with E-state index in [0.29, 0.717) is 12.0 Å². The third-order valence-corrected chi connectivity index (χ3v) is 3.27. The number of likely N-dealkylation sites (N-methyl/N-ethyl adjacent to an activating group) is 1. The van der Waals surface area contributed by atoms with Crippen LogP contribution in [0.4, 0.5) is 0 Å². The van der Waals surface area contributed by atoms with E-state index < -0.39 is 0 Å². The van der Waals surface area contributed by atoms with Crippen molar-refractivity contribution in [1.29, 1.82) is 0 Å². The highest BCUT2D eigenvalue weighted by Gasteiger charge is 2.14. The molecule has 0 radical (unpaired) electrons. The zero-order chi connectivity index (χ0) is 13.5. The summed E-state index contributed by atoms with van der Waals surface area (Å²) in [6.07, 6.45) is 0. The first kappa shape index (κ1) is 15.0. The SMILES string of the molecule is COc1ccc(CNCC(C(C)C)N(C)C)cc1. The third-order valence-electron chi connectivity index (χ3n) is 3.27. The Kier molecular flexibility index (Phi) is 6.16. The Morgan fingerprint density at radius 2 is 1.78 bits per heavy atom. The molecule has 3 nitrogen and oxygen atoms in total. The lowest BCUT2D eigenvalue weighted by molar-refractivity contribution is 0.224. The van der Waals surface area contributed by atoms with Gasteiger partial charge in [-0.1, -0.05) is 26.0 Å². The maximum atomic E-state index is 5.15. The largest absolute Gasteiger partial charge is 0.497 e. The average Bonchev–Trinajstić information content (AvgIpc) is 2.34. The second-order valence-electron chi connectivity index (χ2n) is 5.25. The third kappa shape index (κ3) is 4.67. The number of hydrogen-bond donors (Lipinski definition) is 1. The second-order valence-corrected chi connectivity index (χ2v) is 5.25. The van der Waals surface area contributed by atoms with Crippen LogP contribution in [0.2, 0.25) is 0 Å². The Balaban J connectivity index is 2.40. The van der Waals surface area contributed by atoms with E-state index in [2.05, 4.69) is 50.3 Å². The highest BCUT2D eigenvalue weighted by atomic mass is 16.5. The van der Waals surface area contributed by atoms with E-state index in [-0.39, 0.29) is 0 Å². The maximum Gasteiger partial charge on any atom is 0.118 e. The number of methoxy groups -OCH3 is 1.